The van der Waals surface area contributed by atoms with Crippen LogP contribution in [0.25, 0.3) is 11.3 Å². The van der Waals surface area contributed by atoms with E-state index in [1.54, 1.807) is 23.9 Å². The Bertz CT molecular complexity index is 919. The zero-order valence-corrected chi connectivity index (χ0v) is 16.2. The second kappa shape index (κ2) is 9.08. The summed E-state index contributed by atoms with van der Waals surface area (Å²) in [7, 11) is 0. The van der Waals surface area contributed by atoms with Gasteiger partial charge in [-0.25, -0.2) is 4.79 Å². The number of esters is 1. The standard InChI is InChI=1S/C22H21NO4S/c24-22(19-10-4-5-11-21(19)28-15-18-9-6-12-25-18)26-14-17-13-20(27-23-17)16-7-2-1-3-8-16/h1-5,7-8,10-11,13,18H,6,9,12,14-15H2/t18-/m1/s1. The van der Waals surface area contributed by atoms with Gasteiger partial charge in [-0.1, -0.05) is 47.6 Å². The highest BCUT2D eigenvalue weighted by Gasteiger charge is 2.19. The molecule has 0 unspecified atom stereocenters. The highest BCUT2D eigenvalue weighted by Crippen LogP contribution is 2.27. The van der Waals surface area contributed by atoms with Gasteiger partial charge < -0.3 is 14.0 Å². The lowest BCUT2D eigenvalue weighted by Gasteiger charge is -2.11. The minimum Gasteiger partial charge on any atom is -0.455 e. The monoisotopic (exact) mass is 395 g/mol. The molecule has 1 aliphatic rings. The molecule has 1 aliphatic heterocycles. The van der Waals surface area contributed by atoms with E-state index in [0.717, 1.165) is 35.7 Å². The Morgan fingerprint density at radius 2 is 1.96 bits per heavy atom. The molecule has 1 fully saturated rings. The van der Waals surface area contributed by atoms with Crippen LogP contribution in [0, 0.1) is 0 Å². The average Bonchev–Trinajstić information content (AvgIpc) is 3.43. The summed E-state index contributed by atoms with van der Waals surface area (Å²) in [5, 5.41) is 4.00. The largest absolute Gasteiger partial charge is 0.455 e. The van der Waals surface area contributed by atoms with E-state index in [1.807, 2.05) is 48.5 Å². The second-order valence-electron chi connectivity index (χ2n) is 6.57. The van der Waals surface area contributed by atoms with E-state index in [2.05, 4.69) is 5.16 Å². The molecule has 6 heteroatoms. The topological polar surface area (TPSA) is 61.6 Å². The van der Waals surface area contributed by atoms with Crippen LogP contribution in [0.1, 0.15) is 28.9 Å². The maximum atomic E-state index is 12.6. The van der Waals surface area contributed by atoms with Gasteiger partial charge in [-0.3, -0.25) is 0 Å². The lowest BCUT2D eigenvalue weighted by molar-refractivity contribution is 0.0460. The van der Waals surface area contributed by atoms with Gasteiger partial charge >= 0.3 is 5.97 Å². The third-order valence-electron chi connectivity index (χ3n) is 4.52. The fraction of sp³-hybridized carbons (Fsp3) is 0.273. The predicted octanol–water partition coefficient (Wildman–Crippen LogP) is 4.97. The first-order valence-corrected chi connectivity index (χ1v) is 10.3. The molecule has 0 spiro atoms. The van der Waals surface area contributed by atoms with Crippen molar-refractivity contribution in [3.05, 3.63) is 71.9 Å². The summed E-state index contributed by atoms with van der Waals surface area (Å²) in [6, 6.07) is 19.0. The van der Waals surface area contributed by atoms with Crippen molar-refractivity contribution in [2.45, 2.75) is 30.4 Å². The van der Waals surface area contributed by atoms with Gasteiger partial charge in [0.1, 0.15) is 12.3 Å². The highest BCUT2D eigenvalue weighted by molar-refractivity contribution is 7.99. The van der Waals surface area contributed by atoms with Gasteiger partial charge in [0, 0.05) is 28.9 Å². The second-order valence-corrected chi connectivity index (χ2v) is 7.63. The van der Waals surface area contributed by atoms with Gasteiger partial charge in [0.2, 0.25) is 0 Å². The summed E-state index contributed by atoms with van der Waals surface area (Å²) in [4.78, 5) is 13.5. The summed E-state index contributed by atoms with van der Waals surface area (Å²) in [6.45, 7) is 0.900. The van der Waals surface area contributed by atoms with Crippen molar-refractivity contribution < 1.29 is 18.8 Å². The molecule has 0 saturated carbocycles. The minimum atomic E-state index is -0.361. The normalized spacial score (nSPS) is 16.2. The molecule has 2 aromatic carbocycles. The average molecular weight is 395 g/mol. The molecule has 0 aliphatic carbocycles. The van der Waals surface area contributed by atoms with Crippen molar-refractivity contribution in [3.8, 4) is 11.3 Å². The first-order chi connectivity index (χ1) is 13.8. The van der Waals surface area contributed by atoms with E-state index in [0.29, 0.717) is 17.0 Å². The van der Waals surface area contributed by atoms with Crippen LogP contribution in [0.4, 0.5) is 0 Å². The molecule has 0 amide bonds. The Morgan fingerprint density at radius 3 is 2.79 bits per heavy atom. The van der Waals surface area contributed by atoms with Crippen LogP contribution < -0.4 is 0 Å². The Balaban J connectivity index is 1.37. The number of nitrogens with zero attached hydrogens (tertiary/aromatic N) is 1. The van der Waals surface area contributed by atoms with Crippen LogP contribution in [0.5, 0.6) is 0 Å². The third-order valence-corrected chi connectivity index (χ3v) is 5.73. The summed E-state index contributed by atoms with van der Waals surface area (Å²) < 4.78 is 16.5. The number of hydrogen-bond acceptors (Lipinski definition) is 6. The molecule has 28 heavy (non-hydrogen) atoms. The smallest absolute Gasteiger partial charge is 0.339 e. The SMILES string of the molecule is O=C(OCc1cc(-c2ccccc2)on1)c1ccccc1SC[C@H]1CCCO1. The minimum absolute atomic E-state index is 0.0693. The summed E-state index contributed by atoms with van der Waals surface area (Å²) in [5.74, 6) is 1.13. The molecule has 2 heterocycles. The number of ether oxygens (including phenoxy) is 2. The Morgan fingerprint density at radius 1 is 1.14 bits per heavy atom. The number of rotatable bonds is 7. The molecular formula is C22H21NO4S. The highest BCUT2D eigenvalue weighted by atomic mass is 32.2. The van der Waals surface area contributed by atoms with Gasteiger partial charge in [-0.2, -0.15) is 0 Å². The van der Waals surface area contributed by atoms with Gasteiger partial charge in [0.05, 0.1) is 11.7 Å². The molecule has 1 atom stereocenters. The van der Waals surface area contributed by atoms with E-state index in [4.69, 9.17) is 14.0 Å². The van der Waals surface area contributed by atoms with Crippen LogP contribution in [-0.2, 0) is 16.1 Å². The third kappa shape index (κ3) is 4.64. The van der Waals surface area contributed by atoms with E-state index in [-0.39, 0.29) is 18.7 Å². The maximum Gasteiger partial charge on any atom is 0.339 e. The van der Waals surface area contributed by atoms with Crippen molar-refractivity contribution in [2.75, 3.05) is 12.4 Å². The number of benzene rings is 2. The van der Waals surface area contributed by atoms with Crippen molar-refractivity contribution in [1.82, 2.24) is 5.16 Å². The predicted molar refractivity (Wildman–Crippen MR) is 107 cm³/mol. The number of aromatic nitrogens is 1. The van der Waals surface area contributed by atoms with Gasteiger partial charge in [-0.15, -0.1) is 11.8 Å². The van der Waals surface area contributed by atoms with E-state index >= 15 is 0 Å². The Hall–Kier alpha value is -2.57. The number of hydrogen-bond donors (Lipinski definition) is 0. The van der Waals surface area contributed by atoms with Crippen molar-refractivity contribution in [1.29, 1.82) is 0 Å². The zero-order chi connectivity index (χ0) is 19.2. The van der Waals surface area contributed by atoms with Crippen molar-refractivity contribution >= 4 is 17.7 Å². The van der Waals surface area contributed by atoms with Gasteiger partial charge in [-0.05, 0) is 25.0 Å². The van der Waals surface area contributed by atoms with Crippen molar-refractivity contribution in [3.63, 3.8) is 0 Å². The summed E-state index contributed by atoms with van der Waals surface area (Å²) in [6.07, 6.45) is 2.45. The van der Waals surface area contributed by atoms with E-state index in [1.165, 1.54) is 0 Å². The van der Waals surface area contributed by atoms with Crippen LogP contribution in [0.3, 0.4) is 0 Å². The molecule has 0 radical (unpaired) electrons. The van der Waals surface area contributed by atoms with Crippen LogP contribution in [0.2, 0.25) is 0 Å². The molecular weight excluding hydrogens is 374 g/mol. The zero-order valence-electron chi connectivity index (χ0n) is 15.4. The molecule has 0 N–H and O–H groups in total. The maximum absolute atomic E-state index is 12.6. The van der Waals surface area contributed by atoms with Gasteiger partial charge in [0.25, 0.3) is 0 Å². The fourth-order valence-electron chi connectivity index (χ4n) is 3.06. The quantitative estimate of drug-likeness (QED) is 0.416. The summed E-state index contributed by atoms with van der Waals surface area (Å²) in [5.41, 5.74) is 2.08. The number of carbonyl (C=O) groups excluding carboxylic acids is 1. The first kappa shape index (κ1) is 18.8. The molecule has 0 bridgehead atoms. The molecule has 5 nitrogen and oxygen atoms in total. The molecule has 1 aromatic heterocycles. The fourth-order valence-corrected chi connectivity index (χ4v) is 4.17. The van der Waals surface area contributed by atoms with Crippen molar-refractivity contribution in [2.24, 2.45) is 0 Å². The number of carbonyl (C=O) groups is 1. The van der Waals surface area contributed by atoms with E-state index < -0.39 is 0 Å². The summed E-state index contributed by atoms with van der Waals surface area (Å²) >= 11 is 1.64. The molecule has 1 saturated heterocycles. The van der Waals surface area contributed by atoms with Gasteiger partial charge in [0.15, 0.2) is 5.76 Å². The number of thioether (sulfide) groups is 1. The lowest BCUT2D eigenvalue weighted by Crippen LogP contribution is -2.10. The van der Waals surface area contributed by atoms with E-state index in [9.17, 15) is 4.79 Å². The molecule has 3 aromatic rings. The lowest BCUT2D eigenvalue weighted by atomic mass is 10.2. The van der Waals surface area contributed by atoms with Crippen LogP contribution in [0.15, 0.2) is 70.1 Å². The Kier molecular flexibility index (Phi) is 6.09. The first-order valence-electron chi connectivity index (χ1n) is 9.31. The molecule has 4 rings (SSSR count). The Labute approximate surface area is 168 Å². The molecule has 144 valence electrons. The van der Waals surface area contributed by atoms with Crippen LogP contribution in [-0.4, -0.2) is 29.6 Å². The van der Waals surface area contributed by atoms with Crippen LogP contribution >= 0.6 is 11.8 Å².